The molecule has 0 aromatic carbocycles. The lowest BCUT2D eigenvalue weighted by molar-refractivity contribution is 0.698. The van der Waals surface area contributed by atoms with Crippen LogP contribution in [-0.4, -0.2) is 35.6 Å². The molecule has 1 fully saturated rings. The number of hydrogen-bond acceptors (Lipinski definition) is 4. The van der Waals surface area contributed by atoms with E-state index in [4.69, 9.17) is 0 Å². The number of pyridine rings is 1. The molecule has 1 atom stereocenters. The van der Waals surface area contributed by atoms with Crippen molar-refractivity contribution in [2.45, 2.75) is 26.3 Å². The smallest absolute Gasteiger partial charge is 0.0576 e. The molecule has 94 valence electrons. The van der Waals surface area contributed by atoms with Gasteiger partial charge in [0.2, 0.25) is 0 Å². The van der Waals surface area contributed by atoms with Crippen molar-refractivity contribution in [1.82, 2.24) is 4.98 Å². The molecule has 0 saturated carbocycles. The normalized spacial score (nSPS) is 20.4. The van der Waals surface area contributed by atoms with E-state index in [2.05, 4.69) is 35.1 Å². The Labute approximate surface area is 108 Å². The van der Waals surface area contributed by atoms with Gasteiger partial charge in [0, 0.05) is 30.6 Å². The standard InChI is InChI=1S/C13H21N3S/c1-3-4-15-12-7-13(9-14-8-12)16-5-6-17-10-11(16)2/h7-9,11,15H,3-6,10H2,1-2H3. The predicted molar refractivity (Wildman–Crippen MR) is 77.2 cm³/mol. The third-order valence-corrected chi connectivity index (χ3v) is 4.19. The van der Waals surface area contributed by atoms with E-state index in [0.29, 0.717) is 6.04 Å². The van der Waals surface area contributed by atoms with E-state index in [1.807, 2.05) is 24.2 Å². The van der Waals surface area contributed by atoms with Crippen LogP contribution in [0.25, 0.3) is 0 Å². The van der Waals surface area contributed by atoms with Crippen molar-refractivity contribution in [1.29, 1.82) is 0 Å². The van der Waals surface area contributed by atoms with Gasteiger partial charge in [-0.1, -0.05) is 6.92 Å². The lowest BCUT2D eigenvalue weighted by atomic mass is 10.2. The van der Waals surface area contributed by atoms with E-state index < -0.39 is 0 Å². The van der Waals surface area contributed by atoms with Crippen molar-refractivity contribution >= 4 is 23.1 Å². The van der Waals surface area contributed by atoms with Crippen molar-refractivity contribution in [3.63, 3.8) is 0 Å². The minimum atomic E-state index is 0.608. The molecule has 1 aromatic rings. The van der Waals surface area contributed by atoms with Crippen molar-refractivity contribution in [3.8, 4) is 0 Å². The van der Waals surface area contributed by atoms with Crippen molar-refractivity contribution in [2.75, 3.05) is 34.8 Å². The Hall–Kier alpha value is -0.900. The highest BCUT2D eigenvalue weighted by atomic mass is 32.2. The third-order valence-electron chi connectivity index (χ3n) is 3.00. The SMILES string of the molecule is CCCNc1cncc(N2CCSCC2C)c1. The van der Waals surface area contributed by atoms with E-state index in [1.165, 1.54) is 17.2 Å². The van der Waals surface area contributed by atoms with Crippen LogP contribution in [0.4, 0.5) is 11.4 Å². The van der Waals surface area contributed by atoms with E-state index in [9.17, 15) is 0 Å². The predicted octanol–water partition coefficient (Wildman–Crippen LogP) is 2.85. The summed E-state index contributed by atoms with van der Waals surface area (Å²) in [5, 5.41) is 3.39. The number of anilines is 2. The Kier molecular flexibility index (Phi) is 4.54. The molecule has 1 aliphatic heterocycles. The average molecular weight is 251 g/mol. The fraction of sp³-hybridized carbons (Fsp3) is 0.615. The van der Waals surface area contributed by atoms with Crippen LogP contribution in [0.5, 0.6) is 0 Å². The van der Waals surface area contributed by atoms with Crippen molar-refractivity contribution in [3.05, 3.63) is 18.5 Å². The Morgan fingerprint density at radius 1 is 1.53 bits per heavy atom. The van der Waals surface area contributed by atoms with Gasteiger partial charge >= 0.3 is 0 Å². The maximum absolute atomic E-state index is 4.34. The summed E-state index contributed by atoms with van der Waals surface area (Å²) in [6, 6.07) is 2.83. The Bertz CT molecular complexity index is 356. The quantitative estimate of drug-likeness (QED) is 0.890. The van der Waals surface area contributed by atoms with Crippen LogP contribution in [-0.2, 0) is 0 Å². The first-order valence-corrected chi connectivity index (χ1v) is 7.50. The maximum atomic E-state index is 4.34. The highest BCUT2D eigenvalue weighted by Gasteiger charge is 2.19. The molecule has 0 spiro atoms. The number of thioether (sulfide) groups is 1. The van der Waals surface area contributed by atoms with Gasteiger partial charge < -0.3 is 10.2 Å². The zero-order chi connectivity index (χ0) is 12.1. The van der Waals surface area contributed by atoms with Gasteiger partial charge in [-0.25, -0.2) is 0 Å². The minimum Gasteiger partial charge on any atom is -0.384 e. The molecule has 0 radical (unpaired) electrons. The van der Waals surface area contributed by atoms with Gasteiger partial charge in [0.25, 0.3) is 0 Å². The summed E-state index contributed by atoms with van der Waals surface area (Å²) in [4.78, 5) is 6.80. The molecule has 3 nitrogen and oxygen atoms in total. The molecule has 1 aliphatic rings. The first kappa shape index (κ1) is 12.6. The van der Waals surface area contributed by atoms with Crippen LogP contribution in [0.1, 0.15) is 20.3 Å². The second-order valence-corrected chi connectivity index (χ2v) is 5.63. The highest BCUT2D eigenvalue weighted by molar-refractivity contribution is 7.99. The summed E-state index contributed by atoms with van der Waals surface area (Å²) in [7, 11) is 0. The van der Waals surface area contributed by atoms with Gasteiger partial charge in [-0.3, -0.25) is 4.98 Å². The largest absolute Gasteiger partial charge is 0.384 e. The number of hydrogen-bond donors (Lipinski definition) is 1. The fourth-order valence-electron chi connectivity index (χ4n) is 2.06. The van der Waals surface area contributed by atoms with Crippen LogP contribution in [0, 0.1) is 0 Å². The van der Waals surface area contributed by atoms with Gasteiger partial charge in [-0.05, 0) is 19.4 Å². The molecule has 1 saturated heterocycles. The average Bonchev–Trinajstić information content (AvgIpc) is 2.37. The van der Waals surface area contributed by atoms with E-state index >= 15 is 0 Å². The molecule has 0 amide bonds. The van der Waals surface area contributed by atoms with Crippen molar-refractivity contribution < 1.29 is 0 Å². The summed E-state index contributed by atoms with van der Waals surface area (Å²) in [6.07, 6.45) is 5.02. The van der Waals surface area contributed by atoms with Crippen LogP contribution in [0.2, 0.25) is 0 Å². The van der Waals surface area contributed by atoms with Crippen LogP contribution >= 0.6 is 11.8 Å². The first-order valence-electron chi connectivity index (χ1n) is 6.34. The lowest BCUT2D eigenvalue weighted by Crippen LogP contribution is -2.40. The second kappa shape index (κ2) is 6.15. The topological polar surface area (TPSA) is 28.2 Å². The molecule has 0 bridgehead atoms. The molecule has 2 rings (SSSR count). The minimum absolute atomic E-state index is 0.608. The molecule has 2 heterocycles. The number of nitrogens with one attached hydrogen (secondary N) is 1. The lowest BCUT2D eigenvalue weighted by Gasteiger charge is -2.34. The van der Waals surface area contributed by atoms with Crippen LogP contribution in [0.3, 0.4) is 0 Å². The summed E-state index contributed by atoms with van der Waals surface area (Å²) >= 11 is 2.04. The summed E-state index contributed by atoms with van der Waals surface area (Å²) in [6.45, 7) is 6.60. The van der Waals surface area contributed by atoms with Crippen molar-refractivity contribution in [2.24, 2.45) is 0 Å². The van der Waals surface area contributed by atoms with Gasteiger partial charge in [-0.15, -0.1) is 0 Å². The van der Waals surface area contributed by atoms with E-state index in [-0.39, 0.29) is 0 Å². The Morgan fingerprint density at radius 2 is 2.41 bits per heavy atom. The molecule has 17 heavy (non-hydrogen) atoms. The van der Waals surface area contributed by atoms with Gasteiger partial charge in [0.15, 0.2) is 0 Å². The van der Waals surface area contributed by atoms with E-state index in [1.54, 1.807) is 0 Å². The molecule has 1 unspecified atom stereocenters. The van der Waals surface area contributed by atoms with Gasteiger partial charge in [0.05, 0.1) is 23.8 Å². The number of rotatable bonds is 4. The summed E-state index contributed by atoms with van der Waals surface area (Å²) in [5.74, 6) is 2.43. The number of aromatic nitrogens is 1. The van der Waals surface area contributed by atoms with Gasteiger partial charge in [0.1, 0.15) is 0 Å². The molecular formula is C13H21N3S. The van der Waals surface area contributed by atoms with Crippen LogP contribution < -0.4 is 10.2 Å². The maximum Gasteiger partial charge on any atom is 0.0576 e. The molecule has 1 aromatic heterocycles. The van der Waals surface area contributed by atoms with Crippen LogP contribution in [0.15, 0.2) is 18.5 Å². The second-order valence-electron chi connectivity index (χ2n) is 4.48. The summed E-state index contributed by atoms with van der Waals surface area (Å²) in [5.41, 5.74) is 2.38. The number of nitrogens with zero attached hydrogens (tertiary/aromatic N) is 2. The van der Waals surface area contributed by atoms with Gasteiger partial charge in [-0.2, -0.15) is 11.8 Å². The summed E-state index contributed by atoms with van der Waals surface area (Å²) < 4.78 is 0. The molecule has 4 heteroatoms. The molecule has 0 aliphatic carbocycles. The highest BCUT2D eigenvalue weighted by Crippen LogP contribution is 2.25. The first-order chi connectivity index (χ1) is 8.31. The van der Waals surface area contributed by atoms with E-state index in [0.717, 1.165) is 25.2 Å². The zero-order valence-electron chi connectivity index (χ0n) is 10.6. The zero-order valence-corrected chi connectivity index (χ0v) is 11.5. The Balaban J connectivity index is 2.08. The Morgan fingerprint density at radius 3 is 3.18 bits per heavy atom. The molecule has 1 N–H and O–H groups in total. The molecular weight excluding hydrogens is 230 g/mol. The fourth-order valence-corrected chi connectivity index (χ4v) is 3.08. The third kappa shape index (κ3) is 3.28. The monoisotopic (exact) mass is 251 g/mol.